The van der Waals surface area contributed by atoms with Gasteiger partial charge in [0.25, 0.3) is 0 Å². The van der Waals surface area contributed by atoms with Crippen LogP contribution in [-0.4, -0.2) is 0 Å². The number of rotatable bonds is 4. The minimum atomic E-state index is -0.443. The van der Waals surface area contributed by atoms with Crippen molar-refractivity contribution in [2.75, 3.05) is 5.32 Å². The topological polar surface area (TPSA) is 12.0 Å². The molecule has 0 radical (unpaired) electrons. The van der Waals surface area contributed by atoms with E-state index in [1.165, 1.54) is 6.07 Å². The van der Waals surface area contributed by atoms with Crippen LogP contribution < -0.4 is 5.32 Å². The quantitative estimate of drug-likeness (QED) is 0.837. The standard InChI is InChI=1S/C15H15F2N/c1-2-14(11-6-4-3-5-7-11)18-15-10-12(16)8-9-13(15)17/h3-10,14,18H,2H2,1H3. The Bertz CT molecular complexity index is 511. The first kappa shape index (κ1) is 12.6. The van der Waals surface area contributed by atoms with Crippen LogP contribution in [0, 0.1) is 11.6 Å². The van der Waals surface area contributed by atoms with Crippen molar-refractivity contribution in [1.82, 2.24) is 0 Å². The van der Waals surface area contributed by atoms with Gasteiger partial charge < -0.3 is 5.32 Å². The van der Waals surface area contributed by atoms with Crippen LogP contribution in [0.2, 0.25) is 0 Å². The third-order valence-electron chi connectivity index (χ3n) is 2.87. The monoisotopic (exact) mass is 247 g/mol. The first-order chi connectivity index (χ1) is 8.70. The van der Waals surface area contributed by atoms with Crippen molar-refractivity contribution in [3.8, 4) is 0 Å². The Balaban J connectivity index is 2.23. The van der Waals surface area contributed by atoms with Gasteiger partial charge in [-0.1, -0.05) is 37.3 Å². The highest BCUT2D eigenvalue weighted by molar-refractivity contribution is 5.47. The Kier molecular flexibility index (Phi) is 3.92. The fourth-order valence-corrected chi connectivity index (χ4v) is 1.90. The van der Waals surface area contributed by atoms with Crippen LogP contribution in [0.3, 0.4) is 0 Å². The molecule has 18 heavy (non-hydrogen) atoms. The van der Waals surface area contributed by atoms with E-state index in [1.54, 1.807) is 0 Å². The smallest absolute Gasteiger partial charge is 0.146 e. The van der Waals surface area contributed by atoms with Crippen LogP contribution in [0.15, 0.2) is 48.5 Å². The van der Waals surface area contributed by atoms with Gasteiger partial charge in [0, 0.05) is 0 Å². The van der Waals surface area contributed by atoms with Crippen LogP contribution in [0.1, 0.15) is 24.9 Å². The Hall–Kier alpha value is -1.90. The molecule has 94 valence electrons. The van der Waals surface area contributed by atoms with E-state index in [1.807, 2.05) is 37.3 Å². The average Bonchev–Trinajstić information content (AvgIpc) is 2.41. The van der Waals surface area contributed by atoms with Gasteiger partial charge in [-0.3, -0.25) is 0 Å². The van der Waals surface area contributed by atoms with Crippen LogP contribution in [-0.2, 0) is 0 Å². The lowest BCUT2D eigenvalue weighted by Gasteiger charge is -2.19. The highest BCUT2D eigenvalue weighted by Crippen LogP contribution is 2.24. The minimum absolute atomic E-state index is 0.0255. The zero-order valence-electron chi connectivity index (χ0n) is 10.2. The highest BCUT2D eigenvalue weighted by atomic mass is 19.1. The highest BCUT2D eigenvalue weighted by Gasteiger charge is 2.11. The van der Waals surface area contributed by atoms with Crippen molar-refractivity contribution in [3.63, 3.8) is 0 Å². The lowest BCUT2D eigenvalue weighted by atomic mass is 10.0. The molecule has 0 aliphatic carbocycles. The van der Waals surface area contributed by atoms with Crippen molar-refractivity contribution in [2.24, 2.45) is 0 Å². The van der Waals surface area contributed by atoms with Gasteiger partial charge in [-0.2, -0.15) is 0 Å². The van der Waals surface area contributed by atoms with Gasteiger partial charge in [-0.25, -0.2) is 8.78 Å². The molecule has 1 N–H and O–H groups in total. The molecule has 2 aromatic carbocycles. The maximum atomic E-state index is 13.6. The van der Waals surface area contributed by atoms with E-state index < -0.39 is 11.6 Å². The molecule has 1 unspecified atom stereocenters. The van der Waals surface area contributed by atoms with Gasteiger partial charge in [0.1, 0.15) is 11.6 Å². The zero-order chi connectivity index (χ0) is 13.0. The summed E-state index contributed by atoms with van der Waals surface area (Å²) >= 11 is 0. The van der Waals surface area contributed by atoms with Crippen molar-refractivity contribution < 1.29 is 8.78 Å². The molecule has 0 saturated heterocycles. The van der Waals surface area contributed by atoms with Crippen LogP contribution in [0.25, 0.3) is 0 Å². The molecule has 2 rings (SSSR count). The van der Waals surface area contributed by atoms with Crippen LogP contribution >= 0.6 is 0 Å². The van der Waals surface area contributed by atoms with E-state index in [-0.39, 0.29) is 11.7 Å². The molecule has 0 saturated carbocycles. The Morgan fingerprint density at radius 3 is 2.44 bits per heavy atom. The number of nitrogens with one attached hydrogen (secondary N) is 1. The van der Waals surface area contributed by atoms with Gasteiger partial charge in [0.05, 0.1) is 11.7 Å². The summed E-state index contributed by atoms with van der Waals surface area (Å²) in [6, 6.07) is 13.1. The Morgan fingerprint density at radius 2 is 1.78 bits per heavy atom. The van der Waals surface area contributed by atoms with Gasteiger partial charge in [-0.15, -0.1) is 0 Å². The summed E-state index contributed by atoms with van der Waals surface area (Å²) in [5.41, 5.74) is 1.26. The molecule has 0 aliphatic heterocycles. The van der Waals surface area contributed by atoms with E-state index in [0.29, 0.717) is 0 Å². The van der Waals surface area contributed by atoms with E-state index in [2.05, 4.69) is 5.32 Å². The lowest BCUT2D eigenvalue weighted by molar-refractivity contribution is 0.598. The van der Waals surface area contributed by atoms with Crippen molar-refractivity contribution in [3.05, 3.63) is 65.7 Å². The largest absolute Gasteiger partial charge is 0.376 e. The number of halogens is 2. The number of anilines is 1. The van der Waals surface area contributed by atoms with Crippen LogP contribution in [0.4, 0.5) is 14.5 Å². The Morgan fingerprint density at radius 1 is 1.06 bits per heavy atom. The number of hydrogen-bond donors (Lipinski definition) is 1. The lowest BCUT2D eigenvalue weighted by Crippen LogP contribution is -2.10. The summed E-state index contributed by atoms with van der Waals surface area (Å²) in [6.45, 7) is 2.00. The van der Waals surface area contributed by atoms with Crippen molar-refractivity contribution >= 4 is 5.69 Å². The molecular formula is C15H15F2N. The summed E-state index contributed by atoms with van der Waals surface area (Å²) in [7, 11) is 0. The fourth-order valence-electron chi connectivity index (χ4n) is 1.90. The van der Waals surface area contributed by atoms with E-state index in [4.69, 9.17) is 0 Å². The second-order valence-electron chi connectivity index (χ2n) is 4.14. The zero-order valence-corrected chi connectivity index (χ0v) is 10.2. The molecule has 2 aromatic rings. The molecule has 0 aromatic heterocycles. The maximum absolute atomic E-state index is 13.6. The van der Waals surface area contributed by atoms with Crippen LogP contribution in [0.5, 0.6) is 0 Å². The summed E-state index contributed by atoms with van der Waals surface area (Å²) in [5.74, 6) is -0.882. The van der Waals surface area contributed by atoms with Crippen molar-refractivity contribution in [2.45, 2.75) is 19.4 Å². The van der Waals surface area contributed by atoms with Gasteiger partial charge in [0.15, 0.2) is 0 Å². The Labute approximate surface area is 105 Å². The number of hydrogen-bond acceptors (Lipinski definition) is 1. The van der Waals surface area contributed by atoms with Gasteiger partial charge in [-0.05, 0) is 30.2 Å². The summed E-state index contributed by atoms with van der Waals surface area (Å²) in [6.07, 6.45) is 0.792. The molecule has 0 aliphatic rings. The first-order valence-electron chi connectivity index (χ1n) is 5.97. The SMILES string of the molecule is CCC(Nc1cc(F)ccc1F)c1ccccc1. The van der Waals surface area contributed by atoms with E-state index in [0.717, 1.165) is 24.1 Å². The van der Waals surface area contributed by atoms with Crippen molar-refractivity contribution in [1.29, 1.82) is 0 Å². The predicted octanol–water partition coefficient (Wildman–Crippen LogP) is 4.53. The summed E-state index contributed by atoms with van der Waals surface area (Å²) in [5, 5.41) is 3.04. The normalized spacial score (nSPS) is 12.2. The average molecular weight is 247 g/mol. The minimum Gasteiger partial charge on any atom is -0.376 e. The van der Waals surface area contributed by atoms with Gasteiger partial charge in [0.2, 0.25) is 0 Å². The molecule has 0 bridgehead atoms. The van der Waals surface area contributed by atoms with E-state index >= 15 is 0 Å². The molecule has 0 spiro atoms. The molecule has 0 amide bonds. The predicted molar refractivity (Wildman–Crippen MR) is 69.5 cm³/mol. The third-order valence-corrected chi connectivity index (χ3v) is 2.87. The second-order valence-corrected chi connectivity index (χ2v) is 4.14. The molecule has 1 nitrogen and oxygen atoms in total. The summed E-state index contributed by atoms with van der Waals surface area (Å²) in [4.78, 5) is 0. The molecule has 3 heteroatoms. The van der Waals surface area contributed by atoms with E-state index in [9.17, 15) is 8.78 Å². The molecule has 0 fully saturated rings. The molecule has 1 atom stereocenters. The molecule has 0 heterocycles. The van der Waals surface area contributed by atoms with Gasteiger partial charge >= 0.3 is 0 Å². The fraction of sp³-hybridized carbons (Fsp3) is 0.200. The summed E-state index contributed by atoms with van der Waals surface area (Å²) < 4.78 is 26.7. The maximum Gasteiger partial charge on any atom is 0.146 e. The third kappa shape index (κ3) is 2.86. The molecular weight excluding hydrogens is 232 g/mol. The number of benzene rings is 2. The first-order valence-corrected chi connectivity index (χ1v) is 5.97. The second kappa shape index (κ2) is 5.63.